The summed E-state index contributed by atoms with van der Waals surface area (Å²) in [7, 11) is 0. The van der Waals surface area contributed by atoms with Gasteiger partial charge in [0.15, 0.2) is 5.78 Å². The van der Waals surface area contributed by atoms with Crippen molar-refractivity contribution in [3.05, 3.63) is 11.8 Å². The van der Waals surface area contributed by atoms with Crippen LogP contribution in [0.15, 0.2) is 11.8 Å². The van der Waals surface area contributed by atoms with E-state index in [2.05, 4.69) is 9.78 Å². The molecule has 0 aromatic heterocycles. The smallest absolute Gasteiger partial charge is 0.407 e. The molecule has 0 aromatic rings. The van der Waals surface area contributed by atoms with E-state index >= 15 is 0 Å². The van der Waals surface area contributed by atoms with E-state index in [1.165, 1.54) is 6.92 Å². The third kappa shape index (κ3) is 4.45. The number of carbonyl (C=O) groups excluding carboxylic acids is 2. The lowest BCUT2D eigenvalue weighted by Crippen LogP contribution is -2.09. The second-order valence-corrected chi connectivity index (χ2v) is 1.92. The number of carbonyl (C=O) groups is 2. The average Bonchev–Trinajstić information content (AvgIpc) is 1.98. The second kappa shape index (κ2) is 5.31. The number of hydrogen-bond acceptors (Lipinski definition) is 5. The third-order valence-electron chi connectivity index (χ3n) is 0.802. The highest BCUT2D eigenvalue weighted by Gasteiger charge is 2.10. The van der Waals surface area contributed by atoms with E-state index in [0.29, 0.717) is 0 Å². The molecular formula is C7H10O5. The molecule has 68 valence electrons. The van der Waals surface area contributed by atoms with Crippen molar-refractivity contribution in [3.8, 4) is 0 Å². The van der Waals surface area contributed by atoms with Crippen molar-refractivity contribution in [1.29, 1.82) is 0 Å². The van der Waals surface area contributed by atoms with E-state index in [0.717, 1.165) is 6.08 Å². The Morgan fingerprint density at radius 3 is 2.50 bits per heavy atom. The molecule has 0 spiro atoms. The summed E-state index contributed by atoms with van der Waals surface area (Å²) in [5, 5.41) is 8.80. The topological polar surface area (TPSA) is 72.8 Å². The van der Waals surface area contributed by atoms with Gasteiger partial charge >= 0.3 is 5.97 Å². The molecule has 0 bridgehead atoms. The van der Waals surface area contributed by atoms with Crippen LogP contribution in [0.5, 0.6) is 0 Å². The quantitative estimate of drug-likeness (QED) is 0.291. The molecule has 5 heteroatoms. The first-order valence-electron chi connectivity index (χ1n) is 3.33. The molecule has 0 aromatic carbocycles. The van der Waals surface area contributed by atoms with Crippen LogP contribution in [-0.4, -0.2) is 23.5 Å². The van der Waals surface area contributed by atoms with Gasteiger partial charge in [-0.15, -0.1) is 0 Å². The van der Waals surface area contributed by atoms with Crippen LogP contribution in [0.1, 0.15) is 13.8 Å². The zero-order valence-corrected chi connectivity index (χ0v) is 6.86. The maximum atomic E-state index is 10.6. The summed E-state index contributed by atoms with van der Waals surface area (Å²) in [5.41, 5.74) is 0. The summed E-state index contributed by atoms with van der Waals surface area (Å²) in [6.07, 6.45) is 0.751. The molecule has 0 atom stereocenters. The minimum atomic E-state index is -1.08. The zero-order chi connectivity index (χ0) is 9.56. The Kier molecular flexibility index (Phi) is 4.71. The number of ketones is 1. The molecule has 0 radical (unpaired) electrons. The molecule has 5 nitrogen and oxygen atoms in total. The summed E-state index contributed by atoms with van der Waals surface area (Å²) in [6.45, 7) is 2.99. The Labute approximate surface area is 69.5 Å². The number of allylic oxidation sites excluding steroid dienone is 1. The van der Waals surface area contributed by atoms with Crippen molar-refractivity contribution in [2.45, 2.75) is 13.8 Å². The van der Waals surface area contributed by atoms with Gasteiger partial charge in [0.1, 0.15) is 0 Å². The van der Waals surface area contributed by atoms with Crippen molar-refractivity contribution >= 4 is 11.8 Å². The summed E-state index contributed by atoms with van der Waals surface area (Å²) in [5.74, 6) is -2.29. The van der Waals surface area contributed by atoms with E-state index in [1.54, 1.807) is 6.92 Å². The Bertz CT molecular complexity index is 206. The monoisotopic (exact) mass is 174 g/mol. The normalized spacial score (nSPS) is 11.0. The lowest BCUT2D eigenvalue weighted by Gasteiger charge is -1.98. The van der Waals surface area contributed by atoms with Crippen LogP contribution in [-0.2, 0) is 19.4 Å². The van der Waals surface area contributed by atoms with Gasteiger partial charge in [-0.1, -0.05) is 0 Å². The van der Waals surface area contributed by atoms with E-state index in [9.17, 15) is 9.59 Å². The van der Waals surface area contributed by atoms with Crippen LogP contribution >= 0.6 is 0 Å². The summed E-state index contributed by atoms with van der Waals surface area (Å²) >= 11 is 0. The molecule has 0 aliphatic rings. The molecule has 0 amide bonds. The van der Waals surface area contributed by atoms with Gasteiger partial charge in [0.2, 0.25) is 5.76 Å². The van der Waals surface area contributed by atoms with Gasteiger partial charge in [0.05, 0.1) is 6.61 Å². The first-order chi connectivity index (χ1) is 5.57. The van der Waals surface area contributed by atoms with E-state index in [4.69, 9.17) is 5.11 Å². The molecule has 0 fully saturated rings. The molecule has 0 saturated heterocycles. The fraction of sp³-hybridized carbons (Fsp3) is 0.429. The Balaban J connectivity index is 4.01. The van der Waals surface area contributed by atoms with Crippen molar-refractivity contribution in [2.75, 3.05) is 6.61 Å². The lowest BCUT2D eigenvalue weighted by atomic mass is 10.3. The summed E-state index contributed by atoms with van der Waals surface area (Å²) in [6, 6.07) is 0. The Morgan fingerprint density at radius 2 is 2.08 bits per heavy atom. The first-order valence-corrected chi connectivity index (χ1v) is 3.33. The van der Waals surface area contributed by atoms with Crippen LogP contribution in [0.3, 0.4) is 0 Å². The molecular weight excluding hydrogens is 164 g/mol. The van der Waals surface area contributed by atoms with Gasteiger partial charge in [-0.3, -0.25) is 9.68 Å². The highest BCUT2D eigenvalue weighted by molar-refractivity contribution is 5.96. The molecule has 1 N–H and O–H groups in total. The lowest BCUT2D eigenvalue weighted by molar-refractivity contribution is -0.267. The van der Waals surface area contributed by atoms with Gasteiger partial charge < -0.3 is 5.11 Å². The van der Waals surface area contributed by atoms with E-state index < -0.39 is 17.5 Å². The standard InChI is InChI=1S/C7H10O5/c1-3-11-12-7(10)6(9)4-5(2)8/h4,9H,3H2,1-2H3/b6-4-. The molecule has 0 rings (SSSR count). The average molecular weight is 174 g/mol. The van der Waals surface area contributed by atoms with Gasteiger partial charge in [0, 0.05) is 6.08 Å². The largest absolute Gasteiger partial charge is 0.502 e. The van der Waals surface area contributed by atoms with Gasteiger partial charge in [-0.05, 0) is 13.8 Å². The maximum Gasteiger partial charge on any atom is 0.407 e. The fourth-order valence-electron chi connectivity index (χ4n) is 0.407. The molecule has 0 aliphatic carbocycles. The fourth-order valence-corrected chi connectivity index (χ4v) is 0.407. The van der Waals surface area contributed by atoms with Crippen molar-refractivity contribution in [3.63, 3.8) is 0 Å². The van der Waals surface area contributed by atoms with Gasteiger partial charge in [-0.25, -0.2) is 4.79 Å². The molecule has 0 unspecified atom stereocenters. The van der Waals surface area contributed by atoms with Crippen molar-refractivity contribution < 1.29 is 24.5 Å². The highest BCUT2D eigenvalue weighted by Crippen LogP contribution is 1.93. The van der Waals surface area contributed by atoms with E-state index in [-0.39, 0.29) is 6.61 Å². The summed E-state index contributed by atoms with van der Waals surface area (Å²) < 4.78 is 0. The predicted octanol–water partition coefficient (Wildman–Crippen LogP) is 0.512. The molecule has 0 saturated carbocycles. The number of aliphatic hydroxyl groups excluding tert-OH is 1. The number of aliphatic hydroxyl groups is 1. The molecule has 12 heavy (non-hydrogen) atoms. The van der Waals surface area contributed by atoms with Crippen LogP contribution in [0.25, 0.3) is 0 Å². The van der Waals surface area contributed by atoms with Gasteiger partial charge in [0.25, 0.3) is 0 Å². The van der Waals surface area contributed by atoms with Crippen LogP contribution < -0.4 is 0 Å². The Morgan fingerprint density at radius 1 is 1.50 bits per heavy atom. The van der Waals surface area contributed by atoms with Crippen molar-refractivity contribution in [1.82, 2.24) is 0 Å². The second-order valence-electron chi connectivity index (χ2n) is 1.92. The van der Waals surface area contributed by atoms with Crippen LogP contribution in [0.4, 0.5) is 0 Å². The molecule has 0 heterocycles. The Hall–Kier alpha value is -1.36. The minimum Gasteiger partial charge on any atom is -0.502 e. The maximum absolute atomic E-state index is 10.6. The van der Waals surface area contributed by atoms with Crippen molar-refractivity contribution in [2.24, 2.45) is 0 Å². The first kappa shape index (κ1) is 10.6. The van der Waals surface area contributed by atoms with E-state index in [1.807, 2.05) is 0 Å². The predicted molar refractivity (Wildman–Crippen MR) is 39.1 cm³/mol. The minimum absolute atomic E-state index is 0.180. The summed E-state index contributed by atoms with van der Waals surface area (Å²) in [4.78, 5) is 29.2. The zero-order valence-electron chi connectivity index (χ0n) is 6.86. The van der Waals surface area contributed by atoms with Crippen LogP contribution in [0, 0.1) is 0 Å². The van der Waals surface area contributed by atoms with Gasteiger partial charge in [-0.2, -0.15) is 4.89 Å². The number of rotatable bonds is 4. The third-order valence-corrected chi connectivity index (χ3v) is 0.802. The number of hydrogen-bond donors (Lipinski definition) is 1. The van der Waals surface area contributed by atoms with Crippen LogP contribution in [0.2, 0.25) is 0 Å². The molecule has 0 aliphatic heterocycles. The highest BCUT2D eigenvalue weighted by atomic mass is 17.2. The SMILES string of the molecule is CCOOC(=O)/C(O)=C/C(C)=O.